The van der Waals surface area contributed by atoms with Crippen molar-refractivity contribution in [3.63, 3.8) is 0 Å². The van der Waals surface area contributed by atoms with Crippen LogP contribution in [-0.4, -0.2) is 34.5 Å². The average molecular weight is 402 g/mol. The first kappa shape index (κ1) is 20.1. The third kappa shape index (κ3) is 4.86. The van der Waals surface area contributed by atoms with Gasteiger partial charge in [0.2, 0.25) is 5.91 Å². The van der Waals surface area contributed by atoms with Crippen LogP contribution in [-0.2, 0) is 16.1 Å². The van der Waals surface area contributed by atoms with Crippen LogP contribution in [0.15, 0.2) is 72.8 Å². The Bertz CT molecular complexity index is 1030. The van der Waals surface area contributed by atoms with Gasteiger partial charge in [-0.15, -0.1) is 0 Å². The molecular formula is C25H26N2O3. The lowest BCUT2D eigenvalue weighted by Gasteiger charge is -2.23. The highest BCUT2D eigenvalue weighted by Crippen LogP contribution is 2.30. The lowest BCUT2D eigenvalue weighted by molar-refractivity contribution is -0.142. The third-order valence-corrected chi connectivity index (χ3v) is 5.63. The van der Waals surface area contributed by atoms with Crippen LogP contribution in [0.3, 0.4) is 0 Å². The minimum Gasteiger partial charge on any atom is -0.479 e. The fraction of sp³-hybridized carbons (Fsp3) is 0.280. The molecule has 1 amide bonds. The quantitative estimate of drug-likeness (QED) is 0.564. The molecule has 4 rings (SSSR count). The van der Waals surface area contributed by atoms with Gasteiger partial charge in [-0.3, -0.25) is 9.69 Å². The predicted octanol–water partition coefficient (Wildman–Crippen LogP) is 4.14. The molecule has 5 nitrogen and oxygen atoms in total. The average Bonchev–Trinajstić information content (AvgIpc) is 3.61. The maximum Gasteiger partial charge on any atom is 0.330 e. The van der Waals surface area contributed by atoms with E-state index in [0.717, 1.165) is 19.4 Å². The van der Waals surface area contributed by atoms with E-state index in [-0.39, 0.29) is 12.3 Å². The molecule has 154 valence electrons. The van der Waals surface area contributed by atoms with Crippen molar-refractivity contribution < 1.29 is 14.7 Å². The number of hydrogen-bond donors (Lipinski definition) is 2. The van der Waals surface area contributed by atoms with Gasteiger partial charge in [0.05, 0.1) is 0 Å². The molecule has 0 spiro atoms. The van der Waals surface area contributed by atoms with Crippen LogP contribution in [0.1, 0.15) is 36.4 Å². The number of amides is 1. The number of carboxylic acids is 1. The van der Waals surface area contributed by atoms with Gasteiger partial charge in [0.25, 0.3) is 0 Å². The number of nitrogens with one attached hydrogen (secondary N) is 1. The Kier molecular flexibility index (Phi) is 6.10. The Morgan fingerprint density at radius 2 is 1.67 bits per heavy atom. The molecule has 1 atom stereocenters. The van der Waals surface area contributed by atoms with E-state index in [4.69, 9.17) is 0 Å². The van der Waals surface area contributed by atoms with Crippen molar-refractivity contribution in [1.82, 2.24) is 10.2 Å². The third-order valence-electron chi connectivity index (χ3n) is 5.63. The van der Waals surface area contributed by atoms with Crippen molar-refractivity contribution in [3.8, 4) is 0 Å². The van der Waals surface area contributed by atoms with Crippen LogP contribution in [0.5, 0.6) is 0 Å². The van der Waals surface area contributed by atoms with Crippen LogP contribution in [0.4, 0.5) is 0 Å². The summed E-state index contributed by atoms with van der Waals surface area (Å²) in [6, 6.07) is 23.0. The van der Waals surface area contributed by atoms with Gasteiger partial charge in [0.1, 0.15) is 0 Å². The van der Waals surface area contributed by atoms with Gasteiger partial charge in [-0.05, 0) is 34.7 Å². The molecule has 3 aromatic carbocycles. The molecule has 30 heavy (non-hydrogen) atoms. The largest absolute Gasteiger partial charge is 0.479 e. The molecule has 2 N–H and O–H groups in total. The summed E-state index contributed by atoms with van der Waals surface area (Å²) in [5, 5.41) is 14.7. The molecule has 1 aliphatic carbocycles. The molecule has 0 aliphatic heterocycles. The maximum absolute atomic E-state index is 12.5. The molecule has 0 bridgehead atoms. The van der Waals surface area contributed by atoms with Crippen LogP contribution >= 0.6 is 0 Å². The molecule has 0 aromatic heterocycles. The van der Waals surface area contributed by atoms with Gasteiger partial charge >= 0.3 is 5.97 Å². The first-order valence-corrected chi connectivity index (χ1v) is 10.4. The lowest BCUT2D eigenvalue weighted by Crippen LogP contribution is -2.36. The molecule has 1 fully saturated rings. The maximum atomic E-state index is 12.5. The number of aliphatic carboxylic acids is 1. The van der Waals surface area contributed by atoms with E-state index in [1.807, 2.05) is 12.1 Å². The second kappa shape index (κ2) is 9.09. The fourth-order valence-corrected chi connectivity index (χ4v) is 3.89. The van der Waals surface area contributed by atoms with E-state index < -0.39 is 12.0 Å². The number of nitrogens with zero attached hydrogens (tertiary/aromatic N) is 1. The van der Waals surface area contributed by atoms with Gasteiger partial charge in [-0.25, -0.2) is 4.79 Å². The summed E-state index contributed by atoms with van der Waals surface area (Å²) >= 11 is 0. The molecule has 1 aliphatic rings. The summed E-state index contributed by atoms with van der Waals surface area (Å²) in [7, 11) is 0. The summed E-state index contributed by atoms with van der Waals surface area (Å²) < 4.78 is 0. The Morgan fingerprint density at radius 1 is 0.967 bits per heavy atom. The summed E-state index contributed by atoms with van der Waals surface area (Å²) in [6.07, 6.45) is 2.57. The lowest BCUT2D eigenvalue weighted by atomic mass is 10.0. The number of hydrogen-bond acceptors (Lipinski definition) is 3. The summed E-state index contributed by atoms with van der Waals surface area (Å²) in [5.41, 5.74) is 1.83. The highest BCUT2D eigenvalue weighted by molar-refractivity contribution is 5.86. The van der Waals surface area contributed by atoms with E-state index in [0.29, 0.717) is 18.2 Å². The van der Waals surface area contributed by atoms with Gasteiger partial charge < -0.3 is 10.4 Å². The smallest absolute Gasteiger partial charge is 0.330 e. The summed E-state index contributed by atoms with van der Waals surface area (Å²) in [4.78, 5) is 26.5. The molecule has 0 radical (unpaired) electrons. The first-order valence-electron chi connectivity index (χ1n) is 10.4. The van der Waals surface area contributed by atoms with Gasteiger partial charge in [-0.2, -0.15) is 0 Å². The number of carboxylic acid groups (broad SMARTS) is 1. The minimum absolute atomic E-state index is 0.241. The molecule has 0 saturated heterocycles. The molecule has 0 heterocycles. The normalized spacial score (nSPS) is 14.6. The van der Waals surface area contributed by atoms with Crippen molar-refractivity contribution in [2.45, 2.75) is 37.9 Å². The molecule has 1 unspecified atom stereocenters. The van der Waals surface area contributed by atoms with Crippen molar-refractivity contribution in [2.75, 3.05) is 6.54 Å². The van der Waals surface area contributed by atoms with Gasteiger partial charge in [-0.1, -0.05) is 72.8 Å². The van der Waals surface area contributed by atoms with Crippen LogP contribution < -0.4 is 5.32 Å². The second-order valence-corrected chi connectivity index (χ2v) is 7.84. The Morgan fingerprint density at radius 3 is 2.40 bits per heavy atom. The number of rotatable bonds is 9. The van der Waals surface area contributed by atoms with Crippen molar-refractivity contribution in [2.24, 2.45) is 0 Å². The van der Waals surface area contributed by atoms with Gasteiger partial charge in [0.15, 0.2) is 6.04 Å². The molecule has 1 saturated carbocycles. The second-order valence-electron chi connectivity index (χ2n) is 7.84. The number of carbonyl (C=O) groups is 2. The number of benzene rings is 3. The topological polar surface area (TPSA) is 69.6 Å². The zero-order valence-corrected chi connectivity index (χ0v) is 16.8. The predicted molar refractivity (Wildman–Crippen MR) is 117 cm³/mol. The van der Waals surface area contributed by atoms with Crippen LogP contribution in [0.25, 0.3) is 10.8 Å². The van der Waals surface area contributed by atoms with E-state index in [1.54, 1.807) is 24.3 Å². The highest BCUT2D eigenvalue weighted by atomic mass is 16.4. The Balaban J connectivity index is 1.40. The van der Waals surface area contributed by atoms with Crippen molar-refractivity contribution in [3.05, 3.63) is 83.9 Å². The molecular weight excluding hydrogens is 376 g/mol. The van der Waals surface area contributed by atoms with Gasteiger partial charge in [0, 0.05) is 25.6 Å². The highest BCUT2D eigenvalue weighted by Gasteiger charge is 2.30. The van der Waals surface area contributed by atoms with Crippen LogP contribution in [0.2, 0.25) is 0 Å². The molecule has 5 heteroatoms. The van der Waals surface area contributed by atoms with E-state index in [2.05, 4.69) is 46.6 Å². The SMILES string of the molecule is O=C(CCN(Cc1cccc2ccccc12)C1CC1)NC(C(=O)O)c1ccccc1. The number of fused-ring (bicyclic) bond motifs is 1. The Labute approximate surface area is 176 Å². The minimum atomic E-state index is -1.05. The zero-order chi connectivity index (χ0) is 20.9. The van der Waals surface area contributed by atoms with E-state index >= 15 is 0 Å². The summed E-state index contributed by atoms with van der Waals surface area (Å²) in [6.45, 7) is 1.40. The molecule has 3 aromatic rings. The van der Waals surface area contributed by atoms with E-state index in [1.165, 1.54) is 16.3 Å². The first-order chi connectivity index (χ1) is 14.6. The van der Waals surface area contributed by atoms with Crippen molar-refractivity contribution >= 4 is 22.6 Å². The Hall–Kier alpha value is -3.18. The summed E-state index contributed by atoms with van der Waals surface area (Å²) in [5.74, 6) is -1.29. The van der Waals surface area contributed by atoms with Crippen LogP contribution in [0, 0.1) is 0 Å². The monoisotopic (exact) mass is 402 g/mol. The fourth-order valence-electron chi connectivity index (χ4n) is 3.89. The standard InChI is InChI=1S/C25H26N2O3/c28-23(26-24(25(29)30)19-8-2-1-3-9-19)15-16-27(21-13-14-21)17-20-11-6-10-18-7-4-5-12-22(18)20/h1-12,21,24H,13-17H2,(H,26,28)(H,29,30). The van der Waals surface area contributed by atoms with Crippen molar-refractivity contribution in [1.29, 1.82) is 0 Å². The van der Waals surface area contributed by atoms with E-state index in [9.17, 15) is 14.7 Å². The number of carbonyl (C=O) groups excluding carboxylic acids is 1. The zero-order valence-electron chi connectivity index (χ0n) is 16.8.